The number of fused-ring (bicyclic) bond motifs is 1. The van der Waals surface area contributed by atoms with E-state index in [-0.39, 0.29) is 17.2 Å². The van der Waals surface area contributed by atoms with Gasteiger partial charge >= 0.3 is 0 Å². The van der Waals surface area contributed by atoms with E-state index in [2.05, 4.69) is 54.8 Å². The van der Waals surface area contributed by atoms with Crippen molar-refractivity contribution in [3.63, 3.8) is 0 Å². The molecule has 1 atom stereocenters. The lowest BCUT2D eigenvalue weighted by Crippen LogP contribution is -2.42. The van der Waals surface area contributed by atoms with Crippen LogP contribution in [0.25, 0.3) is 0 Å². The second-order valence-corrected chi connectivity index (χ2v) is 11.6. The quantitative estimate of drug-likeness (QED) is 0.636. The maximum absolute atomic E-state index is 13.4. The van der Waals surface area contributed by atoms with Crippen molar-refractivity contribution < 1.29 is 9.59 Å². The van der Waals surface area contributed by atoms with E-state index in [9.17, 15) is 9.59 Å². The minimum Gasteiger partial charge on any atom is -0.334 e. The molecular weight excluding hydrogens is 434 g/mol. The first kappa shape index (κ1) is 24.1. The number of hydrogen-bond acceptors (Lipinski definition) is 3. The molecule has 0 aromatic heterocycles. The number of carbonyl (C=O) groups is 2. The third-order valence-corrected chi connectivity index (χ3v) is 8.06. The van der Waals surface area contributed by atoms with Crippen molar-refractivity contribution in [2.45, 2.75) is 70.9 Å². The average Bonchev–Trinajstić information content (AvgIpc) is 3.54. The molecule has 5 heteroatoms. The van der Waals surface area contributed by atoms with Gasteiger partial charge in [-0.25, -0.2) is 0 Å². The van der Waals surface area contributed by atoms with Crippen molar-refractivity contribution >= 4 is 11.8 Å². The minimum atomic E-state index is 0.0735. The van der Waals surface area contributed by atoms with Crippen LogP contribution < -0.4 is 0 Å². The van der Waals surface area contributed by atoms with E-state index in [4.69, 9.17) is 0 Å². The summed E-state index contributed by atoms with van der Waals surface area (Å²) in [6.45, 7) is 12.1. The van der Waals surface area contributed by atoms with Gasteiger partial charge in [0, 0.05) is 43.3 Å². The highest BCUT2D eigenvalue weighted by Gasteiger charge is 2.32. The lowest BCUT2D eigenvalue weighted by atomic mass is 9.86. The minimum absolute atomic E-state index is 0.0735. The summed E-state index contributed by atoms with van der Waals surface area (Å²) in [5.41, 5.74) is 5.21. The van der Waals surface area contributed by atoms with Crippen LogP contribution in [0.3, 0.4) is 0 Å². The third-order valence-electron chi connectivity index (χ3n) is 8.06. The molecule has 2 saturated heterocycles. The number of carbonyl (C=O) groups excluding carboxylic acids is 2. The van der Waals surface area contributed by atoms with Gasteiger partial charge in [-0.05, 0) is 91.6 Å². The Kier molecular flexibility index (Phi) is 6.71. The Morgan fingerprint density at radius 2 is 1.54 bits per heavy atom. The summed E-state index contributed by atoms with van der Waals surface area (Å²) in [4.78, 5) is 33.1. The van der Waals surface area contributed by atoms with Crippen LogP contribution in [0.2, 0.25) is 0 Å². The van der Waals surface area contributed by atoms with Gasteiger partial charge in [-0.2, -0.15) is 0 Å². The maximum atomic E-state index is 13.4. The fourth-order valence-electron chi connectivity index (χ4n) is 5.88. The molecule has 2 fully saturated rings. The summed E-state index contributed by atoms with van der Waals surface area (Å²) in [6, 6.07) is 14.5. The molecule has 3 aliphatic heterocycles. The molecular formula is C30H39N3O2. The molecule has 35 heavy (non-hydrogen) atoms. The predicted octanol–water partition coefficient (Wildman–Crippen LogP) is 4.88. The molecule has 186 valence electrons. The lowest BCUT2D eigenvalue weighted by Gasteiger charge is -2.31. The summed E-state index contributed by atoms with van der Waals surface area (Å²) in [5.74, 6) is 0.255. The van der Waals surface area contributed by atoms with Gasteiger partial charge in [0.15, 0.2) is 0 Å². The van der Waals surface area contributed by atoms with Crippen LogP contribution in [0.5, 0.6) is 0 Å². The molecule has 2 aromatic carbocycles. The summed E-state index contributed by atoms with van der Waals surface area (Å²) in [6.07, 6.45) is 5.57. The van der Waals surface area contributed by atoms with Crippen LogP contribution in [0.15, 0.2) is 42.5 Å². The van der Waals surface area contributed by atoms with E-state index < -0.39 is 0 Å². The van der Waals surface area contributed by atoms with E-state index in [0.717, 1.165) is 49.0 Å². The standard InChI is InChI=1S/C30H39N3O2/c1-30(2,3)26-12-10-22(11-13-26)28(34)32-18-14-23-19-24(8-9-25(23)20-32)29(35)33-17-6-7-27(33)21-31-15-4-5-16-31/h8-13,19,27H,4-7,14-18,20-21H2,1-3H3. The summed E-state index contributed by atoms with van der Waals surface area (Å²) in [7, 11) is 0. The summed E-state index contributed by atoms with van der Waals surface area (Å²) in [5, 5.41) is 0. The molecule has 5 rings (SSSR count). The SMILES string of the molecule is CC(C)(C)c1ccc(C(=O)N2CCc3cc(C(=O)N4CCCC4CN4CCCC4)ccc3C2)cc1. The number of hydrogen-bond donors (Lipinski definition) is 0. The number of likely N-dealkylation sites (tertiary alicyclic amines) is 2. The molecule has 3 aliphatic rings. The monoisotopic (exact) mass is 473 g/mol. The van der Waals surface area contributed by atoms with Crippen LogP contribution in [-0.4, -0.2) is 65.3 Å². The zero-order valence-corrected chi connectivity index (χ0v) is 21.6. The Morgan fingerprint density at radius 1 is 0.829 bits per heavy atom. The largest absolute Gasteiger partial charge is 0.334 e. The Balaban J connectivity index is 1.25. The van der Waals surface area contributed by atoms with Crippen molar-refractivity contribution in [2.75, 3.05) is 32.7 Å². The Labute approximate surface area is 210 Å². The van der Waals surface area contributed by atoms with Crippen molar-refractivity contribution in [1.82, 2.24) is 14.7 Å². The number of nitrogens with zero attached hydrogens (tertiary/aromatic N) is 3. The smallest absolute Gasteiger partial charge is 0.254 e. The maximum Gasteiger partial charge on any atom is 0.254 e. The molecule has 5 nitrogen and oxygen atoms in total. The molecule has 0 saturated carbocycles. The van der Waals surface area contributed by atoms with Crippen molar-refractivity contribution in [2.24, 2.45) is 0 Å². The van der Waals surface area contributed by atoms with Crippen molar-refractivity contribution in [3.8, 4) is 0 Å². The van der Waals surface area contributed by atoms with Gasteiger partial charge in [-0.1, -0.05) is 39.0 Å². The molecule has 0 bridgehead atoms. The molecule has 1 unspecified atom stereocenters. The van der Waals surface area contributed by atoms with E-state index in [1.807, 2.05) is 23.1 Å². The van der Waals surface area contributed by atoms with Gasteiger partial charge in [-0.15, -0.1) is 0 Å². The fraction of sp³-hybridized carbons (Fsp3) is 0.533. The van der Waals surface area contributed by atoms with Crippen LogP contribution in [-0.2, 0) is 18.4 Å². The molecule has 0 aliphatic carbocycles. The zero-order chi connectivity index (χ0) is 24.6. The molecule has 0 radical (unpaired) electrons. The van der Waals surface area contributed by atoms with Crippen molar-refractivity contribution in [1.29, 1.82) is 0 Å². The van der Waals surface area contributed by atoms with Crippen LogP contribution in [0, 0.1) is 0 Å². The molecule has 0 N–H and O–H groups in total. The number of rotatable bonds is 4. The first-order valence-corrected chi connectivity index (χ1v) is 13.3. The van der Waals surface area contributed by atoms with E-state index in [0.29, 0.717) is 19.1 Å². The van der Waals surface area contributed by atoms with Gasteiger partial charge in [-0.3, -0.25) is 9.59 Å². The average molecular weight is 474 g/mol. The Hall–Kier alpha value is -2.66. The highest BCUT2D eigenvalue weighted by Crippen LogP contribution is 2.27. The fourth-order valence-corrected chi connectivity index (χ4v) is 5.88. The van der Waals surface area contributed by atoms with Gasteiger partial charge < -0.3 is 14.7 Å². The van der Waals surface area contributed by atoms with E-state index in [1.54, 1.807) is 0 Å². The predicted molar refractivity (Wildman–Crippen MR) is 140 cm³/mol. The van der Waals surface area contributed by atoms with Gasteiger partial charge in [0.2, 0.25) is 0 Å². The topological polar surface area (TPSA) is 43.9 Å². The molecule has 3 heterocycles. The van der Waals surface area contributed by atoms with Crippen LogP contribution in [0.1, 0.15) is 83.9 Å². The van der Waals surface area contributed by atoms with Crippen LogP contribution >= 0.6 is 0 Å². The van der Waals surface area contributed by atoms with E-state index >= 15 is 0 Å². The first-order valence-electron chi connectivity index (χ1n) is 13.3. The normalized spacial score (nSPS) is 20.8. The molecule has 0 spiro atoms. The van der Waals surface area contributed by atoms with Gasteiger partial charge in [0.1, 0.15) is 0 Å². The Morgan fingerprint density at radius 3 is 2.26 bits per heavy atom. The third kappa shape index (κ3) is 5.16. The van der Waals surface area contributed by atoms with Gasteiger partial charge in [0.25, 0.3) is 11.8 Å². The van der Waals surface area contributed by atoms with Crippen molar-refractivity contribution in [3.05, 3.63) is 70.3 Å². The lowest BCUT2D eigenvalue weighted by molar-refractivity contribution is 0.0703. The highest BCUT2D eigenvalue weighted by molar-refractivity contribution is 5.96. The summed E-state index contributed by atoms with van der Waals surface area (Å²) >= 11 is 0. The zero-order valence-electron chi connectivity index (χ0n) is 21.6. The number of benzene rings is 2. The summed E-state index contributed by atoms with van der Waals surface area (Å²) < 4.78 is 0. The Bertz CT molecular complexity index is 1080. The molecule has 2 amide bonds. The molecule has 2 aromatic rings. The second kappa shape index (κ2) is 9.77. The second-order valence-electron chi connectivity index (χ2n) is 11.6. The van der Waals surface area contributed by atoms with E-state index in [1.165, 1.54) is 37.1 Å². The number of amides is 2. The van der Waals surface area contributed by atoms with Crippen LogP contribution in [0.4, 0.5) is 0 Å². The highest BCUT2D eigenvalue weighted by atomic mass is 16.2. The van der Waals surface area contributed by atoms with Gasteiger partial charge in [0.05, 0.1) is 0 Å². The first-order chi connectivity index (χ1) is 16.8.